The van der Waals surface area contributed by atoms with Crippen LogP contribution >= 0.6 is 0 Å². The topological polar surface area (TPSA) is 98.5 Å². The van der Waals surface area contributed by atoms with Crippen LogP contribution in [0.25, 0.3) is 0 Å². The van der Waals surface area contributed by atoms with Crippen molar-refractivity contribution in [2.24, 2.45) is 5.14 Å². The molecule has 0 atom stereocenters. The fourth-order valence-electron chi connectivity index (χ4n) is 2.40. The second-order valence-corrected chi connectivity index (χ2v) is 8.58. The highest BCUT2D eigenvalue weighted by molar-refractivity contribution is 7.89. The third-order valence-corrected chi connectivity index (χ3v) is 5.56. The maximum Gasteiger partial charge on any atom is 0.258 e. The van der Waals surface area contributed by atoms with Crippen molar-refractivity contribution in [2.75, 3.05) is 6.61 Å². The summed E-state index contributed by atoms with van der Waals surface area (Å²) in [6.45, 7) is 6.71. The van der Waals surface area contributed by atoms with Gasteiger partial charge in [-0.05, 0) is 47.2 Å². The Morgan fingerprint density at radius 2 is 1.67 bits per heavy atom. The van der Waals surface area contributed by atoms with E-state index >= 15 is 0 Å². The van der Waals surface area contributed by atoms with Crippen molar-refractivity contribution in [1.29, 1.82) is 0 Å². The van der Waals surface area contributed by atoms with E-state index < -0.39 is 10.0 Å². The lowest BCUT2D eigenvalue weighted by Gasteiger charge is -2.23. The SMILES string of the molecule is CCC(C)(C)c1ccc(OCC(=O)NCc2ccc(S(N)(=O)=O)cc2)cc1. The molecule has 2 aromatic rings. The van der Waals surface area contributed by atoms with E-state index in [2.05, 4.69) is 26.1 Å². The van der Waals surface area contributed by atoms with Gasteiger partial charge in [0.2, 0.25) is 10.0 Å². The summed E-state index contributed by atoms with van der Waals surface area (Å²) in [5.41, 5.74) is 2.10. The molecule has 146 valence electrons. The van der Waals surface area contributed by atoms with Gasteiger partial charge in [0.25, 0.3) is 5.91 Å². The van der Waals surface area contributed by atoms with E-state index in [9.17, 15) is 13.2 Å². The molecule has 0 saturated heterocycles. The largest absolute Gasteiger partial charge is 0.484 e. The lowest BCUT2D eigenvalue weighted by atomic mass is 9.82. The highest BCUT2D eigenvalue weighted by Crippen LogP contribution is 2.27. The normalized spacial score (nSPS) is 11.9. The molecule has 0 aliphatic carbocycles. The number of amides is 1. The summed E-state index contributed by atoms with van der Waals surface area (Å²) in [5.74, 6) is 0.377. The fraction of sp³-hybridized carbons (Fsp3) is 0.350. The summed E-state index contributed by atoms with van der Waals surface area (Å²) in [6.07, 6.45) is 1.04. The van der Waals surface area contributed by atoms with E-state index in [0.29, 0.717) is 5.75 Å². The van der Waals surface area contributed by atoms with Gasteiger partial charge in [-0.2, -0.15) is 0 Å². The zero-order valence-corrected chi connectivity index (χ0v) is 16.7. The molecule has 0 aliphatic rings. The van der Waals surface area contributed by atoms with Crippen molar-refractivity contribution in [1.82, 2.24) is 5.32 Å². The number of benzene rings is 2. The highest BCUT2D eigenvalue weighted by Gasteiger charge is 2.17. The third-order valence-electron chi connectivity index (χ3n) is 4.63. The van der Waals surface area contributed by atoms with Gasteiger partial charge in [0.05, 0.1) is 4.90 Å². The lowest BCUT2D eigenvalue weighted by molar-refractivity contribution is -0.123. The first-order valence-corrected chi connectivity index (χ1v) is 10.3. The Balaban J connectivity index is 1.82. The van der Waals surface area contributed by atoms with Gasteiger partial charge in [0.1, 0.15) is 5.75 Å². The molecule has 7 heteroatoms. The number of hydrogen-bond donors (Lipinski definition) is 2. The van der Waals surface area contributed by atoms with Crippen LogP contribution in [-0.4, -0.2) is 20.9 Å². The number of ether oxygens (including phenoxy) is 1. The van der Waals surface area contributed by atoms with E-state index in [0.717, 1.165) is 12.0 Å². The Labute approximate surface area is 160 Å². The molecule has 0 saturated carbocycles. The first-order chi connectivity index (χ1) is 12.6. The molecule has 2 aromatic carbocycles. The number of hydrogen-bond acceptors (Lipinski definition) is 4. The number of rotatable bonds is 8. The summed E-state index contributed by atoms with van der Waals surface area (Å²) in [5, 5.41) is 7.78. The minimum atomic E-state index is -3.71. The first kappa shape index (κ1) is 20.9. The van der Waals surface area contributed by atoms with Gasteiger partial charge in [-0.3, -0.25) is 4.79 Å². The minimum Gasteiger partial charge on any atom is -0.484 e. The Bertz CT molecular complexity index is 873. The van der Waals surface area contributed by atoms with E-state index in [1.54, 1.807) is 12.1 Å². The quantitative estimate of drug-likeness (QED) is 0.724. The minimum absolute atomic E-state index is 0.0376. The predicted molar refractivity (Wildman–Crippen MR) is 105 cm³/mol. The molecule has 0 heterocycles. The van der Waals surface area contributed by atoms with Crippen molar-refractivity contribution in [3.8, 4) is 5.75 Å². The van der Waals surface area contributed by atoms with Gasteiger partial charge >= 0.3 is 0 Å². The van der Waals surface area contributed by atoms with Crippen LogP contribution in [0.1, 0.15) is 38.3 Å². The van der Waals surface area contributed by atoms with Crippen LogP contribution in [0, 0.1) is 0 Å². The molecule has 2 rings (SSSR count). The lowest BCUT2D eigenvalue weighted by Crippen LogP contribution is -2.28. The maximum absolute atomic E-state index is 11.9. The summed E-state index contributed by atoms with van der Waals surface area (Å²) in [7, 11) is -3.71. The zero-order chi connectivity index (χ0) is 20.1. The van der Waals surface area contributed by atoms with Gasteiger partial charge in [-0.15, -0.1) is 0 Å². The molecule has 0 radical (unpaired) electrons. The fourth-order valence-corrected chi connectivity index (χ4v) is 2.92. The van der Waals surface area contributed by atoms with Crippen molar-refractivity contribution >= 4 is 15.9 Å². The standard InChI is InChI=1S/C20H26N2O4S/c1-4-20(2,3)16-7-9-17(10-8-16)26-14-19(23)22-13-15-5-11-18(12-6-15)27(21,24)25/h5-12H,4,13-14H2,1-3H3,(H,22,23)(H2,21,24,25). The van der Waals surface area contributed by atoms with Crippen molar-refractivity contribution in [3.05, 3.63) is 59.7 Å². The Hall–Kier alpha value is -2.38. The molecule has 0 aromatic heterocycles. The summed E-state index contributed by atoms with van der Waals surface area (Å²) in [6, 6.07) is 13.8. The molecule has 6 nitrogen and oxygen atoms in total. The summed E-state index contributed by atoms with van der Waals surface area (Å²) < 4.78 is 27.9. The number of sulfonamides is 1. The van der Waals surface area contributed by atoms with E-state index in [4.69, 9.17) is 9.88 Å². The van der Waals surface area contributed by atoms with Crippen LogP contribution in [0.15, 0.2) is 53.4 Å². The van der Waals surface area contributed by atoms with Crippen LogP contribution in [0.4, 0.5) is 0 Å². The van der Waals surface area contributed by atoms with Gasteiger partial charge in [-0.1, -0.05) is 45.0 Å². The molecule has 0 bridgehead atoms. The number of primary sulfonamides is 1. The second kappa shape index (κ2) is 8.54. The maximum atomic E-state index is 11.9. The molecular formula is C20H26N2O4S. The molecule has 0 unspecified atom stereocenters. The Kier molecular flexibility index (Phi) is 6.62. The average Bonchev–Trinajstić information content (AvgIpc) is 2.64. The molecule has 0 fully saturated rings. The summed E-state index contributed by atoms with van der Waals surface area (Å²) >= 11 is 0. The van der Waals surface area contributed by atoms with E-state index in [1.807, 2.05) is 24.3 Å². The molecular weight excluding hydrogens is 364 g/mol. The van der Waals surface area contributed by atoms with E-state index in [-0.39, 0.29) is 29.4 Å². The smallest absolute Gasteiger partial charge is 0.258 e. The molecule has 3 N–H and O–H groups in total. The van der Waals surface area contributed by atoms with Gasteiger partial charge < -0.3 is 10.1 Å². The Morgan fingerprint density at radius 3 is 2.19 bits per heavy atom. The van der Waals surface area contributed by atoms with Gasteiger partial charge in [-0.25, -0.2) is 13.6 Å². The average molecular weight is 391 g/mol. The third kappa shape index (κ3) is 6.08. The highest BCUT2D eigenvalue weighted by atomic mass is 32.2. The van der Waals surface area contributed by atoms with Crippen molar-refractivity contribution < 1.29 is 17.9 Å². The van der Waals surface area contributed by atoms with Gasteiger partial charge in [0.15, 0.2) is 6.61 Å². The number of nitrogens with one attached hydrogen (secondary N) is 1. The van der Waals surface area contributed by atoms with Crippen molar-refractivity contribution in [3.63, 3.8) is 0 Å². The predicted octanol–water partition coefficient (Wildman–Crippen LogP) is 2.72. The number of carbonyl (C=O) groups excluding carboxylic acids is 1. The Morgan fingerprint density at radius 1 is 1.07 bits per heavy atom. The van der Waals surface area contributed by atoms with Crippen LogP contribution < -0.4 is 15.2 Å². The number of nitrogens with two attached hydrogens (primary N) is 1. The van der Waals surface area contributed by atoms with E-state index in [1.165, 1.54) is 17.7 Å². The van der Waals surface area contributed by atoms with Crippen molar-refractivity contribution in [2.45, 2.75) is 44.0 Å². The zero-order valence-electron chi connectivity index (χ0n) is 15.9. The molecule has 1 amide bonds. The van der Waals surface area contributed by atoms with Crippen LogP contribution in [-0.2, 0) is 26.8 Å². The number of carbonyl (C=O) groups is 1. The monoisotopic (exact) mass is 390 g/mol. The first-order valence-electron chi connectivity index (χ1n) is 8.73. The van der Waals surface area contributed by atoms with Crippen LogP contribution in [0.3, 0.4) is 0 Å². The van der Waals surface area contributed by atoms with Gasteiger partial charge in [0, 0.05) is 6.54 Å². The second-order valence-electron chi connectivity index (χ2n) is 7.02. The van der Waals surface area contributed by atoms with Crippen LogP contribution in [0.5, 0.6) is 5.75 Å². The molecule has 0 aliphatic heterocycles. The molecule has 27 heavy (non-hydrogen) atoms. The van der Waals surface area contributed by atoms with Crippen LogP contribution in [0.2, 0.25) is 0 Å². The molecule has 0 spiro atoms. The summed E-state index contributed by atoms with van der Waals surface area (Å²) in [4.78, 5) is 12.0.